The van der Waals surface area contributed by atoms with Gasteiger partial charge in [-0.1, -0.05) is 43.3 Å². The molecule has 0 fully saturated rings. The molecule has 0 aliphatic carbocycles. The number of aromatic hydroxyl groups is 1. The third kappa shape index (κ3) is 6.47. The first kappa shape index (κ1) is 25.5. The monoisotopic (exact) mass is 482 g/mol. The Kier molecular flexibility index (Phi) is 8.61. The van der Waals surface area contributed by atoms with Crippen molar-refractivity contribution < 1.29 is 33.3 Å². The Morgan fingerprint density at radius 1 is 1.06 bits per heavy atom. The number of pyridine rings is 1. The zero-order valence-electron chi connectivity index (χ0n) is 19.7. The van der Waals surface area contributed by atoms with Gasteiger partial charge in [-0.05, 0) is 17.2 Å². The standard InChI is InChI=1S/C26H27FN2O6/c1-16(17-7-5-4-6-8-17)21(13-18-9-10-19(27)14-22(18)34-3)35-23(30)15-29-26(32)24-25(31)20(33-2)11-12-28-24/h4-12,14,16,21,31H,13,15H2,1-3H3,(H,29,32). The summed E-state index contributed by atoms with van der Waals surface area (Å²) in [4.78, 5) is 29.0. The number of carbonyl (C=O) groups is 2. The highest BCUT2D eigenvalue weighted by Gasteiger charge is 2.26. The highest BCUT2D eigenvalue weighted by atomic mass is 19.1. The largest absolute Gasteiger partial charge is 0.503 e. The van der Waals surface area contributed by atoms with Gasteiger partial charge in [0.25, 0.3) is 5.91 Å². The SMILES string of the molecule is COc1cc(F)ccc1CC(OC(=O)CNC(=O)c1nccc(OC)c1O)C(C)c1ccccc1. The molecule has 184 valence electrons. The summed E-state index contributed by atoms with van der Waals surface area (Å²) in [7, 11) is 2.79. The highest BCUT2D eigenvalue weighted by Crippen LogP contribution is 2.29. The molecule has 9 heteroatoms. The molecule has 3 rings (SSSR count). The van der Waals surface area contributed by atoms with E-state index in [-0.39, 0.29) is 23.8 Å². The maximum atomic E-state index is 13.7. The molecular weight excluding hydrogens is 455 g/mol. The van der Waals surface area contributed by atoms with Gasteiger partial charge in [-0.15, -0.1) is 0 Å². The molecule has 0 bridgehead atoms. The zero-order chi connectivity index (χ0) is 25.4. The molecule has 1 amide bonds. The normalized spacial score (nSPS) is 12.3. The van der Waals surface area contributed by atoms with E-state index in [1.165, 1.54) is 38.6 Å². The Balaban J connectivity index is 1.74. The molecule has 35 heavy (non-hydrogen) atoms. The molecule has 2 unspecified atom stereocenters. The van der Waals surface area contributed by atoms with Crippen LogP contribution in [0.25, 0.3) is 0 Å². The van der Waals surface area contributed by atoms with Gasteiger partial charge in [0.1, 0.15) is 24.2 Å². The van der Waals surface area contributed by atoms with Crippen molar-refractivity contribution in [2.24, 2.45) is 0 Å². The van der Waals surface area contributed by atoms with Crippen molar-refractivity contribution in [3.63, 3.8) is 0 Å². The second-order valence-corrected chi connectivity index (χ2v) is 7.78. The van der Waals surface area contributed by atoms with Crippen molar-refractivity contribution in [3.05, 3.63) is 83.4 Å². The van der Waals surface area contributed by atoms with Crippen LogP contribution in [0.15, 0.2) is 60.8 Å². The fraction of sp³-hybridized carbons (Fsp3) is 0.269. The minimum absolute atomic E-state index is 0.0812. The Bertz CT molecular complexity index is 1170. The van der Waals surface area contributed by atoms with E-state index < -0.39 is 36.1 Å². The number of benzene rings is 2. The van der Waals surface area contributed by atoms with Crippen molar-refractivity contribution in [1.29, 1.82) is 0 Å². The van der Waals surface area contributed by atoms with E-state index >= 15 is 0 Å². The van der Waals surface area contributed by atoms with E-state index in [1.807, 2.05) is 37.3 Å². The molecule has 1 aromatic heterocycles. The Labute approximate surface area is 202 Å². The second kappa shape index (κ2) is 11.8. The predicted octanol–water partition coefficient (Wildman–Crippen LogP) is 3.63. The van der Waals surface area contributed by atoms with Gasteiger partial charge < -0.3 is 24.6 Å². The number of aromatic nitrogens is 1. The first-order valence-corrected chi connectivity index (χ1v) is 10.9. The number of nitrogens with one attached hydrogen (secondary N) is 1. The van der Waals surface area contributed by atoms with Gasteiger partial charge in [0.2, 0.25) is 0 Å². The fourth-order valence-electron chi connectivity index (χ4n) is 3.61. The lowest BCUT2D eigenvalue weighted by atomic mass is 9.90. The Hall–Kier alpha value is -4.14. The number of halogens is 1. The number of amides is 1. The van der Waals surface area contributed by atoms with Crippen molar-refractivity contribution in [2.45, 2.75) is 25.4 Å². The van der Waals surface area contributed by atoms with Crippen LogP contribution in [0.5, 0.6) is 17.2 Å². The van der Waals surface area contributed by atoms with Gasteiger partial charge in [-0.2, -0.15) is 0 Å². The van der Waals surface area contributed by atoms with E-state index in [4.69, 9.17) is 14.2 Å². The molecule has 0 saturated heterocycles. The summed E-state index contributed by atoms with van der Waals surface area (Å²) >= 11 is 0. The fourth-order valence-corrected chi connectivity index (χ4v) is 3.61. The summed E-state index contributed by atoms with van der Waals surface area (Å²) in [5.41, 5.74) is 1.34. The summed E-state index contributed by atoms with van der Waals surface area (Å²) in [5.74, 6) is -2.10. The van der Waals surface area contributed by atoms with Gasteiger partial charge in [0.15, 0.2) is 17.2 Å². The third-order valence-corrected chi connectivity index (χ3v) is 5.55. The molecule has 0 aliphatic heterocycles. The lowest BCUT2D eigenvalue weighted by Gasteiger charge is -2.25. The van der Waals surface area contributed by atoms with Crippen molar-refractivity contribution in [2.75, 3.05) is 20.8 Å². The van der Waals surface area contributed by atoms with Crippen LogP contribution in [-0.2, 0) is 16.0 Å². The number of hydrogen-bond acceptors (Lipinski definition) is 7. The number of hydrogen-bond donors (Lipinski definition) is 2. The molecule has 2 N–H and O–H groups in total. The highest BCUT2D eigenvalue weighted by molar-refractivity contribution is 5.97. The minimum atomic E-state index is -0.758. The number of esters is 1. The predicted molar refractivity (Wildman–Crippen MR) is 126 cm³/mol. The number of methoxy groups -OCH3 is 2. The molecule has 0 aliphatic rings. The molecule has 0 radical (unpaired) electrons. The van der Waals surface area contributed by atoms with E-state index in [9.17, 15) is 19.1 Å². The Morgan fingerprint density at radius 2 is 1.77 bits per heavy atom. The average molecular weight is 483 g/mol. The lowest BCUT2D eigenvalue weighted by molar-refractivity contribution is -0.148. The number of nitrogens with zero attached hydrogens (tertiary/aromatic N) is 1. The summed E-state index contributed by atoms with van der Waals surface area (Å²) in [6, 6.07) is 15.1. The van der Waals surface area contributed by atoms with Gasteiger partial charge in [0, 0.05) is 30.7 Å². The second-order valence-electron chi connectivity index (χ2n) is 7.78. The van der Waals surface area contributed by atoms with E-state index in [0.717, 1.165) is 5.56 Å². The molecule has 0 spiro atoms. The average Bonchev–Trinajstić information content (AvgIpc) is 2.88. The van der Waals surface area contributed by atoms with Crippen LogP contribution < -0.4 is 14.8 Å². The molecule has 8 nitrogen and oxygen atoms in total. The van der Waals surface area contributed by atoms with Gasteiger partial charge in [-0.25, -0.2) is 9.37 Å². The van der Waals surface area contributed by atoms with Crippen LogP contribution in [0.1, 0.15) is 34.5 Å². The zero-order valence-corrected chi connectivity index (χ0v) is 19.7. The van der Waals surface area contributed by atoms with Crippen LogP contribution in [0.4, 0.5) is 4.39 Å². The smallest absolute Gasteiger partial charge is 0.325 e. The van der Waals surface area contributed by atoms with Crippen LogP contribution in [0.2, 0.25) is 0 Å². The molecule has 2 atom stereocenters. The molecule has 1 heterocycles. The first-order chi connectivity index (χ1) is 16.8. The van der Waals surface area contributed by atoms with E-state index in [1.54, 1.807) is 6.07 Å². The molecule has 3 aromatic rings. The minimum Gasteiger partial charge on any atom is -0.503 e. The number of carbonyl (C=O) groups excluding carboxylic acids is 2. The molecule has 2 aromatic carbocycles. The third-order valence-electron chi connectivity index (χ3n) is 5.55. The number of ether oxygens (including phenoxy) is 3. The van der Waals surface area contributed by atoms with Crippen molar-refractivity contribution in [1.82, 2.24) is 10.3 Å². The first-order valence-electron chi connectivity index (χ1n) is 10.9. The molecular formula is C26H27FN2O6. The van der Waals surface area contributed by atoms with Gasteiger partial charge >= 0.3 is 5.97 Å². The van der Waals surface area contributed by atoms with Crippen molar-refractivity contribution >= 4 is 11.9 Å². The van der Waals surface area contributed by atoms with Crippen LogP contribution in [-0.4, -0.2) is 48.8 Å². The van der Waals surface area contributed by atoms with Crippen molar-refractivity contribution in [3.8, 4) is 17.2 Å². The van der Waals surface area contributed by atoms with Gasteiger partial charge in [0.05, 0.1) is 14.2 Å². The Morgan fingerprint density at radius 3 is 2.46 bits per heavy atom. The topological polar surface area (TPSA) is 107 Å². The molecule has 0 saturated carbocycles. The van der Waals surface area contributed by atoms with Gasteiger partial charge in [-0.3, -0.25) is 9.59 Å². The lowest BCUT2D eigenvalue weighted by Crippen LogP contribution is -2.35. The maximum absolute atomic E-state index is 13.7. The maximum Gasteiger partial charge on any atom is 0.325 e. The van der Waals surface area contributed by atoms with Crippen LogP contribution >= 0.6 is 0 Å². The van der Waals surface area contributed by atoms with E-state index in [0.29, 0.717) is 11.3 Å². The summed E-state index contributed by atoms with van der Waals surface area (Å²) in [6.07, 6.45) is 0.932. The van der Waals surface area contributed by atoms with Crippen LogP contribution in [0.3, 0.4) is 0 Å². The number of rotatable bonds is 10. The summed E-state index contributed by atoms with van der Waals surface area (Å²) in [5, 5.41) is 12.5. The summed E-state index contributed by atoms with van der Waals surface area (Å²) < 4.78 is 29.7. The van der Waals surface area contributed by atoms with E-state index in [2.05, 4.69) is 10.3 Å². The quantitative estimate of drug-likeness (QED) is 0.425. The van der Waals surface area contributed by atoms with Crippen LogP contribution in [0, 0.1) is 5.82 Å². The summed E-state index contributed by atoms with van der Waals surface area (Å²) in [6.45, 7) is 1.47.